The number of hydrogen-bond acceptors (Lipinski definition) is 2. The van der Waals surface area contributed by atoms with E-state index in [4.69, 9.17) is 0 Å². The van der Waals surface area contributed by atoms with Crippen molar-refractivity contribution in [3.8, 4) is 0 Å². The summed E-state index contributed by atoms with van der Waals surface area (Å²) in [4.78, 5) is 2.69. The van der Waals surface area contributed by atoms with Gasteiger partial charge < -0.3 is 5.32 Å². The number of hydrogen-bond donors (Lipinski definition) is 1. The third kappa shape index (κ3) is 2.98. The summed E-state index contributed by atoms with van der Waals surface area (Å²) < 4.78 is 0. The van der Waals surface area contributed by atoms with E-state index in [1.165, 1.54) is 25.9 Å². The Morgan fingerprint density at radius 1 is 1.31 bits per heavy atom. The largest absolute Gasteiger partial charge is 0.310 e. The van der Waals surface area contributed by atoms with E-state index >= 15 is 0 Å². The lowest BCUT2D eigenvalue weighted by atomic mass is 9.81. The van der Waals surface area contributed by atoms with Gasteiger partial charge in [0.2, 0.25) is 0 Å². The Morgan fingerprint density at radius 3 is 2.38 bits per heavy atom. The first-order valence-corrected chi connectivity index (χ1v) is 6.82. The molecule has 0 saturated carbocycles. The van der Waals surface area contributed by atoms with Crippen LogP contribution >= 0.6 is 0 Å². The Morgan fingerprint density at radius 2 is 1.94 bits per heavy atom. The molecule has 2 heteroatoms. The van der Waals surface area contributed by atoms with E-state index in [2.05, 4.69) is 51.8 Å². The van der Waals surface area contributed by atoms with Crippen LogP contribution in [0.15, 0.2) is 0 Å². The monoisotopic (exact) mass is 226 g/mol. The highest BCUT2D eigenvalue weighted by atomic mass is 15.3. The second-order valence-electron chi connectivity index (χ2n) is 6.60. The van der Waals surface area contributed by atoms with Crippen molar-refractivity contribution >= 4 is 0 Å². The number of nitrogens with one attached hydrogen (secondary N) is 1. The fraction of sp³-hybridized carbons (Fsp3) is 1.00. The molecular formula is C14H30N2. The molecule has 16 heavy (non-hydrogen) atoms. The highest BCUT2D eigenvalue weighted by Gasteiger charge is 2.39. The third-order valence-electron chi connectivity index (χ3n) is 4.20. The molecule has 96 valence electrons. The summed E-state index contributed by atoms with van der Waals surface area (Å²) in [7, 11) is 0. The molecule has 2 atom stereocenters. The average molecular weight is 226 g/mol. The van der Waals surface area contributed by atoms with Gasteiger partial charge in [-0.1, -0.05) is 34.6 Å². The predicted molar refractivity (Wildman–Crippen MR) is 71.8 cm³/mol. The van der Waals surface area contributed by atoms with Crippen LogP contribution in [-0.4, -0.2) is 36.1 Å². The lowest BCUT2D eigenvalue weighted by Gasteiger charge is -2.51. The normalized spacial score (nSPS) is 33.0. The maximum atomic E-state index is 3.75. The summed E-state index contributed by atoms with van der Waals surface area (Å²) >= 11 is 0. The van der Waals surface area contributed by atoms with E-state index < -0.39 is 0 Å². The van der Waals surface area contributed by atoms with Crippen molar-refractivity contribution in [1.29, 1.82) is 0 Å². The zero-order valence-electron chi connectivity index (χ0n) is 12.1. The summed E-state index contributed by atoms with van der Waals surface area (Å²) in [5.74, 6) is 0. The molecule has 0 spiro atoms. The van der Waals surface area contributed by atoms with Gasteiger partial charge in [-0.2, -0.15) is 0 Å². The van der Waals surface area contributed by atoms with Gasteiger partial charge in [-0.05, 0) is 31.7 Å². The van der Waals surface area contributed by atoms with E-state index in [1.54, 1.807) is 0 Å². The summed E-state index contributed by atoms with van der Waals surface area (Å²) in [6.45, 7) is 17.6. The fourth-order valence-electron chi connectivity index (χ4n) is 2.52. The second kappa shape index (κ2) is 5.05. The first-order chi connectivity index (χ1) is 7.33. The van der Waals surface area contributed by atoms with Gasteiger partial charge in [-0.25, -0.2) is 0 Å². The first kappa shape index (κ1) is 14.0. The Bertz CT molecular complexity index is 219. The molecule has 1 rings (SSSR count). The molecule has 0 aromatic carbocycles. The van der Waals surface area contributed by atoms with Crippen molar-refractivity contribution in [2.75, 3.05) is 19.6 Å². The Hall–Kier alpha value is -0.0800. The molecule has 1 heterocycles. The quantitative estimate of drug-likeness (QED) is 0.796. The standard InChI is InChI=1S/C14H30N2/c1-7-9-16-10-12(13(3,4)5)15-11-14(16,6)8-2/h12,15H,7-11H2,1-6H3. The highest BCUT2D eigenvalue weighted by molar-refractivity contribution is 4.98. The second-order valence-corrected chi connectivity index (χ2v) is 6.60. The van der Waals surface area contributed by atoms with E-state index in [-0.39, 0.29) is 0 Å². The maximum absolute atomic E-state index is 3.75. The highest BCUT2D eigenvalue weighted by Crippen LogP contribution is 2.29. The molecular weight excluding hydrogens is 196 g/mol. The fourth-order valence-corrected chi connectivity index (χ4v) is 2.52. The molecule has 0 aliphatic carbocycles. The van der Waals surface area contributed by atoms with Crippen LogP contribution < -0.4 is 5.32 Å². The summed E-state index contributed by atoms with van der Waals surface area (Å²) in [6, 6.07) is 0.624. The lowest BCUT2D eigenvalue weighted by molar-refractivity contribution is 0.0223. The zero-order valence-corrected chi connectivity index (χ0v) is 12.1. The lowest BCUT2D eigenvalue weighted by Crippen LogP contribution is -2.65. The Labute approximate surface area is 102 Å². The molecule has 1 fully saturated rings. The van der Waals surface area contributed by atoms with Gasteiger partial charge in [0.25, 0.3) is 0 Å². The van der Waals surface area contributed by atoms with Gasteiger partial charge >= 0.3 is 0 Å². The number of nitrogens with zero attached hydrogens (tertiary/aromatic N) is 1. The van der Waals surface area contributed by atoms with Crippen molar-refractivity contribution in [1.82, 2.24) is 10.2 Å². The van der Waals surface area contributed by atoms with Crippen LogP contribution in [-0.2, 0) is 0 Å². The van der Waals surface area contributed by atoms with Gasteiger partial charge in [-0.15, -0.1) is 0 Å². The molecule has 2 unspecified atom stereocenters. The SMILES string of the molecule is CCCN1CC(C(C)(C)C)NCC1(C)CC. The van der Waals surface area contributed by atoms with Crippen molar-refractivity contribution in [3.05, 3.63) is 0 Å². The van der Waals surface area contributed by atoms with E-state index in [0.717, 1.165) is 6.54 Å². The predicted octanol–water partition coefficient (Wildman–Crippen LogP) is 2.89. The molecule has 0 aromatic rings. The molecule has 0 bridgehead atoms. The van der Waals surface area contributed by atoms with Gasteiger partial charge in [0, 0.05) is 24.7 Å². The van der Waals surface area contributed by atoms with Crippen LogP contribution in [0.1, 0.15) is 54.4 Å². The van der Waals surface area contributed by atoms with Crippen LogP contribution in [0.4, 0.5) is 0 Å². The van der Waals surface area contributed by atoms with Gasteiger partial charge in [-0.3, -0.25) is 4.90 Å². The summed E-state index contributed by atoms with van der Waals surface area (Å²) in [6.07, 6.45) is 2.49. The average Bonchev–Trinajstić information content (AvgIpc) is 2.20. The van der Waals surface area contributed by atoms with E-state index in [0.29, 0.717) is 17.0 Å². The van der Waals surface area contributed by atoms with Crippen molar-refractivity contribution in [3.63, 3.8) is 0 Å². The minimum Gasteiger partial charge on any atom is -0.310 e. The van der Waals surface area contributed by atoms with Gasteiger partial charge in [0.15, 0.2) is 0 Å². The summed E-state index contributed by atoms with van der Waals surface area (Å²) in [5.41, 5.74) is 0.721. The molecule has 0 amide bonds. The van der Waals surface area contributed by atoms with Crippen LogP contribution in [0.3, 0.4) is 0 Å². The molecule has 1 saturated heterocycles. The van der Waals surface area contributed by atoms with Crippen molar-refractivity contribution < 1.29 is 0 Å². The minimum atomic E-state index is 0.359. The van der Waals surface area contributed by atoms with Gasteiger partial charge in [0.1, 0.15) is 0 Å². The molecule has 2 nitrogen and oxygen atoms in total. The molecule has 1 aliphatic heterocycles. The zero-order chi connectivity index (χ0) is 12.4. The molecule has 0 aromatic heterocycles. The Balaban J connectivity index is 2.73. The van der Waals surface area contributed by atoms with Crippen LogP contribution in [0.2, 0.25) is 0 Å². The first-order valence-electron chi connectivity index (χ1n) is 6.82. The van der Waals surface area contributed by atoms with Crippen LogP contribution in [0.5, 0.6) is 0 Å². The molecule has 1 N–H and O–H groups in total. The topological polar surface area (TPSA) is 15.3 Å². The van der Waals surface area contributed by atoms with E-state index in [1.807, 2.05) is 0 Å². The van der Waals surface area contributed by atoms with Crippen molar-refractivity contribution in [2.24, 2.45) is 5.41 Å². The number of piperazine rings is 1. The number of rotatable bonds is 3. The smallest absolute Gasteiger partial charge is 0.0303 e. The molecule has 1 aliphatic rings. The maximum Gasteiger partial charge on any atom is 0.0303 e. The summed E-state index contributed by atoms with van der Waals surface area (Å²) in [5, 5.41) is 3.75. The van der Waals surface area contributed by atoms with E-state index in [9.17, 15) is 0 Å². The van der Waals surface area contributed by atoms with Crippen LogP contribution in [0, 0.1) is 5.41 Å². The molecule has 0 radical (unpaired) electrons. The third-order valence-corrected chi connectivity index (χ3v) is 4.20. The van der Waals surface area contributed by atoms with Gasteiger partial charge in [0.05, 0.1) is 0 Å². The van der Waals surface area contributed by atoms with Crippen LogP contribution in [0.25, 0.3) is 0 Å². The van der Waals surface area contributed by atoms with Crippen molar-refractivity contribution in [2.45, 2.75) is 66.0 Å². The minimum absolute atomic E-state index is 0.359. The Kier molecular flexibility index (Phi) is 4.42.